The van der Waals surface area contributed by atoms with Gasteiger partial charge in [-0.25, -0.2) is 4.79 Å². The van der Waals surface area contributed by atoms with Crippen molar-refractivity contribution in [3.8, 4) is 0 Å². The van der Waals surface area contributed by atoms with Gasteiger partial charge in [-0.1, -0.05) is 41.4 Å². The van der Waals surface area contributed by atoms with Crippen molar-refractivity contribution < 1.29 is 9.90 Å². The van der Waals surface area contributed by atoms with Crippen molar-refractivity contribution in [2.45, 2.75) is 6.54 Å². The molecule has 0 saturated carbocycles. The van der Waals surface area contributed by atoms with E-state index in [4.69, 9.17) is 23.2 Å². The molecule has 3 nitrogen and oxygen atoms in total. The second-order valence-electron chi connectivity index (χ2n) is 4.72. The third-order valence-electron chi connectivity index (χ3n) is 3.34. The Kier molecular flexibility index (Phi) is 3.62. The number of carboxylic acid groups (broad SMARTS) is 1. The number of aromatic nitrogens is 1. The first kappa shape index (κ1) is 14.0. The van der Waals surface area contributed by atoms with E-state index in [1.54, 1.807) is 22.8 Å². The normalized spacial score (nSPS) is 11.0. The Hall–Kier alpha value is -1.97. The van der Waals surface area contributed by atoms with E-state index in [1.807, 2.05) is 30.3 Å². The molecule has 0 aliphatic rings. The summed E-state index contributed by atoms with van der Waals surface area (Å²) in [5.74, 6) is -0.982. The van der Waals surface area contributed by atoms with Gasteiger partial charge in [-0.3, -0.25) is 0 Å². The smallest absolute Gasteiger partial charge is 0.352 e. The van der Waals surface area contributed by atoms with Gasteiger partial charge in [0.25, 0.3) is 0 Å². The number of benzene rings is 2. The fourth-order valence-electron chi connectivity index (χ4n) is 2.41. The third-order valence-corrected chi connectivity index (χ3v) is 3.91. The van der Waals surface area contributed by atoms with E-state index in [9.17, 15) is 9.90 Å². The van der Waals surface area contributed by atoms with Gasteiger partial charge in [-0.05, 0) is 35.9 Å². The summed E-state index contributed by atoms with van der Waals surface area (Å²) in [5.41, 5.74) is 1.93. The first-order chi connectivity index (χ1) is 10.1. The molecule has 0 aliphatic heterocycles. The lowest BCUT2D eigenvalue weighted by Crippen LogP contribution is -2.09. The summed E-state index contributed by atoms with van der Waals surface area (Å²) in [6.07, 6.45) is 0. The average molecular weight is 320 g/mol. The molecule has 5 heteroatoms. The van der Waals surface area contributed by atoms with Crippen LogP contribution in [0, 0.1) is 0 Å². The van der Waals surface area contributed by atoms with E-state index in [0.29, 0.717) is 16.6 Å². The molecule has 0 fully saturated rings. The second-order valence-corrected chi connectivity index (χ2v) is 5.57. The van der Waals surface area contributed by atoms with E-state index in [-0.39, 0.29) is 5.69 Å². The lowest BCUT2D eigenvalue weighted by atomic mass is 10.2. The number of rotatable bonds is 3. The highest BCUT2D eigenvalue weighted by atomic mass is 35.5. The van der Waals surface area contributed by atoms with Crippen molar-refractivity contribution in [3.63, 3.8) is 0 Å². The summed E-state index contributed by atoms with van der Waals surface area (Å²) in [6.45, 7) is 0.423. The Morgan fingerprint density at radius 1 is 1.10 bits per heavy atom. The number of carbonyl (C=O) groups is 1. The Morgan fingerprint density at radius 2 is 1.86 bits per heavy atom. The lowest BCUT2D eigenvalue weighted by Gasteiger charge is -2.09. The largest absolute Gasteiger partial charge is 0.477 e. The Labute approximate surface area is 131 Å². The maximum absolute atomic E-state index is 11.5. The summed E-state index contributed by atoms with van der Waals surface area (Å²) < 4.78 is 1.73. The lowest BCUT2D eigenvalue weighted by molar-refractivity contribution is 0.0686. The Balaban J connectivity index is 2.18. The van der Waals surface area contributed by atoms with Gasteiger partial charge < -0.3 is 9.67 Å². The molecule has 106 valence electrons. The summed E-state index contributed by atoms with van der Waals surface area (Å²) in [7, 11) is 0. The van der Waals surface area contributed by atoms with Crippen LogP contribution in [0.15, 0.2) is 48.5 Å². The van der Waals surface area contributed by atoms with Gasteiger partial charge >= 0.3 is 5.97 Å². The minimum atomic E-state index is -0.982. The number of hydrogen-bond acceptors (Lipinski definition) is 1. The molecule has 2 aromatic carbocycles. The van der Waals surface area contributed by atoms with E-state index in [1.165, 1.54) is 0 Å². The molecule has 21 heavy (non-hydrogen) atoms. The Morgan fingerprint density at radius 3 is 2.57 bits per heavy atom. The van der Waals surface area contributed by atoms with Crippen LogP contribution in [0.5, 0.6) is 0 Å². The van der Waals surface area contributed by atoms with Crippen molar-refractivity contribution in [2.24, 2.45) is 0 Å². The zero-order valence-corrected chi connectivity index (χ0v) is 12.4. The first-order valence-electron chi connectivity index (χ1n) is 6.32. The number of aromatic carboxylic acids is 1. The summed E-state index contributed by atoms with van der Waals surface area (Å²) >= 11 is 12.1. The Bertz CT molecular complexity index is 839. The fourth-order valence-corrected chi connectivity index (χ4v) is 2.85. The van der Waals surface area contributed by atoms with Crippen molar-refractivity contribution in [1.29, 1.82) is 0 Å². The predicted octanol–water partition coefficient (Wildman–Crippen LogP) is 4.69. The molecule has 1 aromatic heterocycles. The van der Waals surface area contributed by atoms with Gasteiger partial charge in [0.15, 0.2) is 0 Å². The van der Waals surface area contributed by atoms with Gasteiger partial charge in [0.05, 0.1) is 5.52 Å². The molecule has 0 amide bonds. The van der Waals surface area contributed by atoms with Crippen LogP contribution < -0.4 is 0 Å². The van der Waals surface area contributed by atoms with Crippen LogP contribution in [0.25, 0.3) is 10.9 Å². The standard InChI is InChI=1S/C16H11Cl2NO2/c17-11-4-1-3-10(7-11)9-19-14-6-2-5-13(18)12(14)8-15(19)16(20)21/h1-8H,9H2,(H,20,21). The van der Waals surface area contributed by atoms with Gasteiger partial charge in [0.2, 0.25) is 0 Å². The van der Waals surface area contributed by atoms with Crippen LogP contribution in [0.3, 0.4) is 0 Å². The number of nitrogens with zero attached hydrogens (tertiary/aromatic N) is 1. The molecular formula is C16H11Cl2NO2. The van der Waals surface area contributed by atoms with E-state index < -0.39 is 5.97 Å². The highest BCUT2D eigenvalue weighted by Gasteiger charge is 2.16. The van der Waals surface area contributed by atoms with Crippen molar-refractivity contribution in [2.75, 3.05) is 0 Å². The van der Waals surface area contributed by atoms with E-state index in [2.05, 4.69) is 0 Å². The van der Waals surface area contributed by atoms with Crippen LogP contribution in [-0.4, -0.2) is 15.6 Å². The predicted molar refractivity (Wildman–Crippen MR) is 84.5 cm³/mol. The molecule has 3 aromatic rings. The van der Waals surface area contributed by atoms with Gasteiger partial charge in [0, 0.05) is 22.0 Å². The van der Waals surface area contributed by atoms with Crippen LogP contribution in [0.4, 0.5) is 0 Å². The number of hydrogen-bond donors (Lipinski definition) is 1. The van der Waals surface area contributed by atoms with Gasteiger partial charge in [0.1, 0.15) is 5.69 Å². The molecule has 0 unspecified atom stereocenters. The molecule has 0 bridgehead atoms. The maximum atomic E-state index is 11.5. The summed E-state index contributed by atoms with van der Waals surface area (Å²) in [6, 6.07) is 14.4. The van der Waals surface area contributed by atoms with Crippen LogP contribution in [0.2, 0.25) is 10.0 Å². The van der Waals surface area contributed by atoms with Crippen LogP contribution in [0.1, 0.15) is 16.1 Å². The zero-order chi connectivity index (χ0) is 15.0. The zero-order valence-electron chi connectivity index (χ0n) is 10.9. The molecule has 0 radical (unpaired) electrons. The molecule has 1 heterocycles. The van der Waals surface area contributed by atoms with Crippen LogP contribution >= 0.6 is 23.2 Å². The van der Waals surface area contributed by atoms with Crippen molar-refractivity contribution in [1.82, 2.24) is 4.57 Å². The number of carboxylic acids is 1. The number of fused-ring (bicyclic) bond motifs is 1. The monoisotopic (exact) mass is 319 g/mol. The molecular weight excluding hydrogens is 309 g/mol. The molecule has 0 spiro atoms. The average Bonchev–Trinajstić information content (AvgIpc) is 2.80. The summed E-state index contributed by atoms with van der Waals surface area (Å²) in [5, 5.41) is 11.3. The molecule has 1 N–H and O–H groups in total. The SMILES string of the molecule is O=C(O)c1cc2c(Cl)cccc2n1Cc1cccc(Cl)c1. The molecule has 3 rings (SSSR count). The quantitative estimate of drug-likeness (QED) is 0.760. The third kappa shape index (κ3) is 2.62. The van der Waals surface area contributed by atoms with Gasteiger partial charge in [-0.15, -0.1) is 0 Å². The van der Waals surface area contributed by atoms with E-state index >= 15 is 0 Å². The minimum Gasteiger partial charge on any atom is -0.477 e. The maximum Gasteiger partial charge on any atom is 0.352 e. The van der Waals surface area contributed by atoms with Crippen molar-refractivity contribution in [3.05, 3.63) is 69.8 Å². The highest BCUT2D eigenvalue weighted by Crippen LogP contribution is 2.28. The number of halogens is 2. The minimum absolute atomic E-state index is 0.207. The second kappa shape index (κ2) is 5.43. The highest BCUT2D eigenvalue weighted by molar-refractivity contribution is 6.35. The van der Waals surface area contributed by atoms with Gasteiger partial charge in [-0.2, -0.15) is 0 Å². The topological polar surface area (TPSA) is 42.2 Å². The fraction of sp³-hybridized carbons (Fsp3) is 0.0625. The van der Waals surface area contributed by atoms with Crippen molar-refractivity contribution >= 4 is 40.1 Å². The molecule has 0 atom stereocenters. The summed E-state index contributed by atoms with van der Waals surface area (Å²) in [4.78, 5) is 11.5. The van der Waals surface area contributed by atoms with E-state index in [0.717, 1.165) is 16.5 Å². The molecule has 0 aliphatic carbocycles. The van der Waals surface area contributed by atoms with Crippen LogP contribution in [-0.2, 0) is 6.54 Å². The first-order valence-corrected chi connectivity index (χ1v) is 7.07. The molecule has 0 saturated heterocycles.